The number of hydrogen-bond donors (Lipinski definition) is 0. The molecular formula is C21H22O4. The topological polar surface area (TPSA) is 52.6 Å². The van der Waals surface area contributed by atoms with Crippen molar-refractivity contribution in [1.29, 1.82) is 0 Å². The van der Waals surface area contributed by atoms with Crippen molar-refractivity contribution in [3.63, 3.8) is 0 Å². The van der Waals surface area contributed by atoms with Gasteiger partial charge in [-0.1, -0.05) is 72.8 Å². The SMILES string of the molecule is COC(=O)C(C)(C(=O)OC)C(/C=C/c1ccccc1)c1ccccc1. The second-order valence-electron chi connectivity index (χ2n) is 5.84. The summed E-state index contributed by atoms with van der Waals surface area (Å²) in [6.45, 7) is 1.55. The van der Waals surface area contributed by atoms with E-state index in [0.29, 0.717) is 0 Å². The van der Waals surface area contributed by atoms with Crippen LogP contribution in [0.2, 0.25) is 0 Å². The Labute approximate surface area is 148 Å². The van der Waals surface area contributed by atoms with Gasteiger partial charge in [-0.2, -0.15) is 0 Å². The van der Waals surface area contributed by atoms with E-state index in [-0.39, 0.29) is 0 Å². The maximum absolute atomic E-state index is 12.5. The van der Waals surface area contributed by atoms with Crippen molar-refractivity contribution in [2.24, 2.45) is 5.41 Å². The van der Waals surface area contributed by atoms with Gasteiger partial charge in [-0.3, -0.25) is 9.59 Å². The molecular weight excluding hydrogens is 316 g/mol. The minimum absolute atomic E-state index is 0.534. The summed E-state index contributed by atoms with van der Waals surface area (Å²) in [6.07, 6.45) is 3.74. The van der Waals surface area contributed by atoms with Gasteiger partial charge in [0.2, 0.25) is 0 Å². The lowest BCUT2D eigenvalue weighted by Gasteiger charge is -2.31. The van der Waals surface area contributed by atoms with Crippen LogP contribution in [0.4, 0.5) is 0 Å². The predicted octanol–water partition coefficient (Wildman–Crippen LogP) is 3.84. The fraction of sp³-hybridized carbons (Fsp3) is 0.238. The van der Waals surface area contributed by atoms with Crippen LogP contribution in [0.15, 0.2) is 66.7 Å². The van der Waals surface area contributed by atoms with E-state index in [1.807, 2.05) is 72.8 Å². The molecule has 2 aromatic carbocycles. The van der Waals surface area contributed by atoms with Crippen LogP contribution in [0, 0.1) is 5.41 Å². The monoisotopic (exact) mass is 338 g/mol. The Morgan fingerprint density at radius 2 is 1.36 bits per heavy atom. The molecule has 0 bridgehead atoms. The molecule has 0 radical (unpaired) electrons. The second-order valence-corrected chi connectivity index (χ2v) is 5.84. The number of benzene rings is 2. The molecule has 130 valence electrons. The Morgan fingerprint density at radius 3 is 1.84 bits per heavy atom. The van der Waals surface area contributed by atoms with Crippen molar-refractivity contribution in [2.45, 2.75) is 12.8 Å². The van der Waals surface area contributed by atoms with E-state index in [2.05, 4.69) is 0 Å². The lowest BCUT2D eigenvalue weighted by Crippen LogP contribution is -2.43. The Hall–Kier alpha value is -2.88. The summed E-state index contributed by atoms with van der Waals surface area (Å²) in [5.41, 5.74) is 0.310. The number of carbonyl (C=O) groups is 2. The lowest BCUT2D eigenvalue weighted by molar-refractivity contribution is -0.168. The summed E-state index contributed by atoms with van der Waals surface area (Å²) < 4.78 is 9.84. The molecule has 0 N–H and O–H groups in total. The van der Waals surface area contributed by atoms with E-state index < -0.39 is 23.3 Å². The summed E-state index contributed by atoms with van der Waals surface area (Å²) >= 11 is 0. The lowest BCUT2D eigenvalue weighted by atomic mass is 9.73. The van der Waals surface area contributed by atoms with E-state index in [1.54, 1.807) is 6.92 Å². The third-order valence-electron chi connectivity index (χ3n) is 4.28. The molecule has 0 amide bonds. The highest BCUT2D eigenvalue weighted by Crippen LogP contribution is 2.40. The third-order valence-corrected chi connectivity index (χ3v) is 4.28. The molecule has 0 saturated carbocycles. The molecule has 0 aliphatic heterocycles. The van der Waals surface area contributed by atoms with Crippen LogP contribution in [-0.2, 0) is 19.1 Å². The second kappa shape index (κ2) is 8.29. The molecule has 1 unspecified atom stereocenters. The highest BCUT2D eigenvalue weighted by molar-refractivity contribution is 6.01. The average Bonchev–Trinajstić information content (AvgIpc) is 2.68. The van der Waals surface area contributed by atoms with E-state index in [9.17, 15) is 9.59 Å². The van der Waals surface area contributed by atoms with Gasteiger partial charge in [-0.25, -0.2) is 0 Å². The molecule has 2 rings (SSSR count). The van der Waals surface area contributed by atoms with E-state index in [1.165, 1.54) is 14.2 Å². The van der Waals surface area contributed by atoms with Gasteiger partial charge in [-0.05, 0) is 18.1 Å². The Balaban J connectivity index is 2.55. The maximum atomic E-state index is 12.5. The number of rotatable bonds is 6. The Bertz CT molecular complexity index is 719. The summed E-state index contributed by atoms with van der Waals surface area (Å²) in [7, 11) is 2.54. The van der Waals surface area contributed by atoms with Gasteiger partial charge in [0.05, 0.1) is 14.2 Å². The summed E-state index contributed by atoms with van der Waals surface area (Å²) in [4.78, 5) is 25.0. The van der Waals surface area contributed by atoms with Gasteiger partial charge in [0.25, 0.3) is 0 Å². The van der Waals surface area contributed by atoms with Crippen LogP contribution in [0.5, 0.6) is 0 Å². The first-order valence-corrected chi connectivity index (χ1v) is 7.99. The first-order chi connectivity index (χ1) is 12.0. The molecule has 4 nitrogen and oxygen atoms in total. The first kappa shape index (κ1) is 18.5. The zero-order valence-electron chi connectivity index (χ0n) is 14.6. The molecule has 0 saturated heterocycles. The molecule has 2 aromatic rings. The van der Waals surface area contributed by atoms with Crippen LogP contribution in [0.25, 0.3) is 6.08 Å². The Morgan fingerprint density at radius 1 is 0.880 bits per heavy atom. The normalized spacial score (nSPS) is 12.6. The van der Waals surface area contributed by atoms with Crippen molar-refractivity contribution < 1.29 is 19.1 Å². The van der Waals surface area contributed by atoms with E-state index in [0.717, 1.165) is 11.1 Å². The van der Waals surface area contributed by atoms with Gasteiger partial charge >= 0.3 is 11.9 Å². The van der Waals surface area contributed by atoms with Crippen molar-refractivity contribution >= 4 is 18.0 Å². The smallest absolute Gasteiger partial charge is 0.323 e. The molecule has 0 aromatic heterocycles. The minimum Gasteiger partial charge on any atom is -0.468 e. The van der Waals surface area contributed by atoms with Crippen LogP contribution in [0.3, 0.4) is 0 Å². The van der Waals surface area contributed by atoms with Crippen LogP contribution in [0.1, 0.15) is 24.0 Å². The highest BCUT2D eigenvalue weighted by Gasteiger charge is 2.50. The fourth-order valence-corrected chi connectivity index (χ4v) is 2.83. The molecule has 4 heteroatoms. The van der Waals surface area contributed by atoms with E-state index >= 15 is 0 Å². The first-order valence-electron chi connectivity index (χ1n) is 7.99. The number of allylic oxidation sites excluding steroid dienone is 1. The largest absolute Gasteiger partial charge is 0.468 e. The zero-order valence-corrected chi connectivity index (χ0v) is 14.6. The van der Waals surface area contributed by atoms with Crippen LogP contribution < -0.4 is 0 Å². The number of ether oxygens (including phenoxy) is 2. The van der Waals surface area contributed by atoms with E-state index in [4.69, 9.17) is 9.47 Å². The average molecular weight is 338 g/mol. The molecule has 25 heavy (non-hydrogen) atoms. The van der Waals surface area contributed by atoms with Gasteiger partial charge in [0.1, 0.15) is 0 Å². The standard InChI is InChI=1S/C21H22O4/c1-21(19(22)24-2,20(23)25-3)18(17-12-8-5-9-13-17)15-14-16-10-6-4-7-11-16/h4-15,18H,1-3H3/b15-14+. The molecule has 0 heterocycles. The van der Waals surface area contributed by atoms with Gasteiger partial charge < -0.3 is 9.47 Å². The molecule has 0 aliphatic carbocycles. The summed E-state index contributed by atoms with van der Waals surface area (Å²) in [5, 5.41) is 0. The number of carbonyl (C=O) groups excluding carboxylic acids is 2. The maximum Gasteiger partial charge on any atom is 0.323 e. The quantitative estimate of drug-likeness (QED) is 0.593. The molecule has 0 aliphatic rings. The van der Waals surface area contributed by atoms with Crippen molar-refractivity contribution in [1.82, 2.24) is 0 Å². The molecule has 0 spiro atoms. The minimum atomic E-state index is -1.49. The molecule has 0 fully saturated rings. The van der Waals surface area contributed by atoms with Gasteiger partial charge in [0, 0.05) is 5.92 Å². The number of hydrogen-bond acceptors (Lipinski definition) is 4. The highest BCUT2D eigenvalue weighted by atomic mass is 16.5. The fourth-order valence-electron chi connectivity index (χ4n) is 2.83. The van der Waals surface area contributed by atoms with Crippen molar-refractivity contribution in [3.8, 4) is 0 Å². The van der Waals surface area contributed by atoms with Crippen molar-refractivity contribution in [2.75, 3.05) is 14.2 Å². The third kappa shape index (κ3) is 3.97. The number of esters is 2. The predicted molar refractivity (Wildman–Crippen MR) is 96.8 cm³/mol. The van der Waals surface area contributed by atoms with Crippen molar-refractivity contribution in [3.05, 3.63) is 77.9 Å². The van der Waals surface area contributed by atoms with Crippen LogP contribution in [-0.4, -0.2) is 26.2 Å². The summed E-state index contributed by atoms with van der Waals surface area (Å²) in [6, 6.07) is 19.1. The Kier molecular flexibility index (Phi) is 6.12. The zero-order chi connectivity index (χ0) is 18.3. The molecule has 1 atom stereocenters. The summed E-state index contributed by atoms with van der Waals surface area (Å²) in [5.74, 6) is -1.80. The van der Waals surface area contributed by atoms with Gasteiger partial charge in [0.15, 0.2) is 5.41 Å². The van der Waals surface area contributed by atoms with Crippen LogP contribution >= 0.6 is 0 Å². The number of methoxy groups -OCH3 is 2. The van der Waals surface area contributed by atoms with Gasteiger partial charge in [-0.15, -0.1) is 0 Å².